The number of rotatable bonds is 25. The summed E-state index contributed by atoms with van der Waals surface area (Å²) in [6.45, 7) is 5.06. The Morgan fingerprint density at radius 3 is 1.78 bits per heavy atom. The van der Waals surface area contributed by atoms with E-state index in [2.05, 4.69) is 58.2 Å². The Balaban J connectivity index is 1.62. The predicted octanol–water partition coefficient (Wildman–Crippen LogP) is -2.15. The Labute approximate surface area is 526 Å². The van der Waals surface area contributed by atoms with Crippen molar-refractivity contribution in [1.82, 2.24) is 58.2 Å². The van der Waals surface area contributed by atoms with Crippen molar-refractivity contribution in [3.05, 3.63) is 102 Å². The first-order valence-corrected chi connectivity index (χ1v) is 31.4. The van der Waals surface area contributed by atoms with Crippen molar-refractivity contribution in [3.63, 3.8) is 0 Å². The van der Waals surface area contributed by atoms with Crippen molar-refractivity contribution < 1.29 is 78.0 Å². The Morgan fingerprint density at radius 1 is 0.611 bits per heavy atom. The van der Waals surface area contributed by atoms with Crippen molar-refractivity contribution >= 4 is 104 Å². The lowest BCUT2D eigenvalue weighted by atomic mass is 10.0. The molecule has 0 aliphatic carbocycles. The number of amides is 10. The maximum absolute atomic E-state index is 15.0. The van der Waals surface area contributed by atoms with E-state index in [-0.39, 0.29) is 44.4 Å². The van der Waals surface area contributed by atoms with Crippen LogP contribution < -0.4 is 64.6 Å². The molecule has 2 heterocycles. The number of aromatic hydroxyl groups is 1. The number of nitrogens with two attached hydrogens (primary N) is 2. The average Bonchev–Trinajstić information content (AvgIpc) is 3.07. The fourth-order valence-corrected chi connectivity index (χ4v) is 11.6. The molecule has 3 aromatic carbocycles. The van der Waals surface area contributed by atoms with Gasteiger partial charge in [-0.25, -0.2) is 4.79 Å². The molecule has 0 saturated carbocycles. The van der Waals surface area contributed by atoms with Crippen molar-refractivity contribution in [3.8, 4) is 5.75 Å². The van der Waals surface area contributed by atoms with E-state index in [0.717, 1.165) is 28.5 Å². The molecule has 11 atom stereocenters. The minimum atomic E-state index is -1.97. The van der Waals surface area contributed by atoms with Crippen molar-refractivity contribution in [2.24, 2.45) is 17.4 Å². The number of H-pyrrole nitrogens is 1. The lowest BCUT2D eigenvalue weighted by Gasteiger charge is -2.29. The molecular formula is C59H79N13O16S2. The van der Waals surface area contributed by atoms with Gasteiger partial charge in [-0.15, -0.1) is 0 Å². The van der Waals surface area contributed by atoms with Crippen LogP contribution in [0.4, 0.5) is 0 Å². The molecule has 90 heavy (non-hydrogen) atoms. The zero-order chi connectivity index (χ0) is 66.2. The van der Waals surface area contributed by atoms with Gasteiger partial charge in [-0.05, 0) is 80.5 Å². The number of aliphatic carboxylic acids is 2. The lowest BCUT2D eigenvalue weighted by Crippen LogP contribution is -2.62. The van der Waals surface area contributed by atoms with E-state index < -0.39 is 168 Å². The standard InChI is InChI=1S/C59H79N13O16S2/c1-30(2)48(59(87)88)72-57(85)45-29-90-89-28-44(69-55(83)43(25-47(76)77)65-50(78)31(3)63-58(86)49(32(4)73)71-46(75)26-61)56(84)67-40(22-33-12-6-5-7-13-33)52(80)68-42(24-35-27-62-38-15-9-8-14-37(35)38)54(82)64-39(16-10-11-21-60)51(79)66-41(53(81)70-45)23-34-17-19-36(74)20-18-34/h5-9,12-15,17-20,27,30-32,39-45,48-49,62,73-74H,10-11,16,21-26,28-29,60-61H2,1-4H3,(H,63,86)(H,64,82)(H,65,78)(H,66,79)(H,67,84)(H,68,80)(H,69,83)(H,70,81)(H,71,75)(H,72,85)(H,76,77)(H,87,88)/t31-,32+,39-,40-,41-,42-,43-,44-,45-,48-,49-/m0/s1. The molecule has 0 radical (unpaired) electrons. The van der Waals surface area contributed by atoms with E-state index in [9.17, 15) is 73.2 Å². The SMILES string of the molecule is CC(C)[C@H](NC(=O)[C@@H]1CSSC[C@H](NC(=O)[C@H](CC(=O)O)NC(=O)[C@H](C)NC(=O)[C@@H](NC(=O)CN)[C@@H](C)O)C(=O)N[C@@H](Cc2ccccc2)C(=O)N[C@@H](Cc2c[nH]c3ccccc23)C(=O)N[C@@H](CCCCN)C(=O)N[C@@H](Cc2ccc(O)cc2)C(=O)N1)C(=O)O. The second kappa shape index (κ2) is 35.4. The molecular weight excluding hydrogens is 1210 g/mol. The molecule has 5 rings (SSSR count). The van der Waals surface area contributed by atoms with Gasteiger partial charge in [-0.2, -0.15) is 0 Å². The Kier molecular flexibility index (Phi) is 28.3. The normalized spacial score (nSPS) is 20.6. The Bertz CT molecular complexity index is 3170. The summed E-state index contributed by atoms with van der Waals surface area (Å²) in [6.07, 6.45) is -0.973. The second-order valence-electron chi connectivity index (χ2n) is 21.8. The summed E-state index contributed by atoms with van der Waals surface area (Å²) >= 11 is 0. The van der Waals surface area contributed by atoms with Gasteiger partial charge >= 0.3 is 11.9 Å². The molecule has 0 bridgehead atoms. The average molecular weight is 1290 g/mol. The van der Waals surface area contributed by atoms with Gasteiger partial charge in [0.05, 0.1) is 19.1 Å². The predicted molar refractivity (Wildman–Crippen MR) is 332 cm³/mol. The molecule has 19 N–H and O–H groups in total. The summed E-state index contributed by atoms with van der Waals surface area (Å²) in [5.74, 6) is -14.6. The number of carboxylic acids is 2. The summed E-state index contributed by atoms with van der Waals surface area (Å²) < 4.78 is 0. The van der Waals surface area contributed by atoms with Crippen LogP contribution in [0.2, 0.25) is 0 Å². The molecule has 10 amide bonds. The maximum Gasteiger partial charge on any atom is 0.326 e. The van der Waals surface area contributed by atoms with Gasteiger partial charge in [0.25, 0.3) is 0 Å². The third-order valence-electron chi connectivity index (χ3n) is 14.3. The lowest BCUT2D eigenvalue weighted by molar-refractivity contribution is -0.143. The fourth-order valence-electron chi connectivity index (χ4n) is 9.31. The summed E-state index contributed by atoms with van der Waals surface area (Å²) in [7, 11) is 1.67. The number of carboxylic acid groups (broad SMARTS) is 2. The summed E-state index contributed by atoms with van der Waals surface area (Å²) in [5, 5.41) is 66.2. The number of hydrogen-bond acceptors (Lipinski definition) is 18. The number of fused-ring (bicyclic) bond motifs is 1. The van der Waals surface area contributed by atoms with E-state index >= 15 is 4.79 Å². The van der Waals surface area contributed by atoms with E-state index in [1.165, 1.54) is 45.0 Å². The van der Waals surface area contributed by atoms with Crippen LogP contribution in [0, 0.1) is 5.92 Å². The van der Waals surface area contributed by atoms with Gasteiger partial charge in [-0.3, -0.25) is 52.7 Å². The first kappa shape index (κ1) is 72.0. The molecule has 0 spiro atoms. The molecule has 1 aliphatic rings. The number of aliphatic hydroxyl groups is 1. The molecule has 31 heteroatoms. The van der Waals surface area contributed by atoms with Gasteiger partial charge in [0.1, 0.15) is 66.2 Å². The minimum absolute atomic E-state index is 0.0337. The van der Waals surface area contributed by atoms with E-state index in [4.69, 9.17) is 11.5 Å². The number of para-hydroxylation sites is 1. The monoisotopic (exact) mass is 1290 g/mol. The van der Waals surface area contributed by atoms with Gasteiger partial charge in [0.15, 0.2) is 0 Å². The zero-order valence-corrected chi connectivity index (χ0v) is 51.6. The van der Waals surface area contributed by atoms with E-state index in [1.54, 1.807) is 60.8 Å². The van der Waals surface area contributed by atoms with Gasteiger partial charge in [0.2, 0.25) is 59.1 Å². The number of unbranched alkanes of at least 4 members (excludes halogenated alkanes) is 1. The number of benzene rings is 3. The van der Waals surface area contributed by atoms with E-state index in [1.807, 2.05) is 0 Å². The number of aromatic amines is 1. The van der Waals surface area contributed by atoms with Gasteiger partial charge in [0, 0.05) is 47.9 Å². The largest absolute Gasteiger partial charge is 0.508 e. The number of nitrogens with one attached hydrogen (secondary N) is 11. The molecule has 0 unspecified atom stereocenters. The van der Waals surface area contributed by atoms with Crippen LogP contribution in [-0.2, 0) is 76.8 Å². The molecule has 1 aromatic heterocycles. The highest BCUT2D eigenvalue weighted by Crippen LogP contribution is 2.25. The minimum Gasteiger partial charge on any atom is -0.508 e. The van der Waals surface area contributed by atoms with Crippen molar-refractivity contribution in [1.29, 1.82) is 0 Å². The number of phenols is 1. The molecule has 1 saturated heterocycles. The second-order valence-corrected chi connectivity index (χ2v) is 24.3. The van der Waals surface area contributed by atoms with Crippen LogP contribution in [0.1, 0.15) is 70.1 Å². The highest BCUT2D eigenvalue weighted by molar-refractivity contribution is 8.76. The van der Waals surface area contributed by atoms with Crippen LogP contribution in [0.5, 0.6) is 5.75 Å². The number of aromatic nitrogens is 1. The van der Waals surface area contributed by atoms with Crippen LogP contribution in [0.3, 0.4) is 0 Å². The van der Waals surface area contributed by atoms with Crippen LogP contribution in [-0.4, -0.2) is 188 Å². The number of aliphatic hydroxyl groups excluding tert-OH is 1. The summed E-state index contributed by atoms with van der Waals surface area (Å²) in [6, 6.07) is 5.24. The van der Waals surface area contributed by atoms with E-state index in [0.29, 0.717) is 34.0 Å². The summed E-state index contributed by atoms with van der Waals surface area (Å²) in [5.41, 5.74) is 13.4. The fraction of sp³-hybridized carbons (Fsp3) is 0.458. The highest BCUT2D eigenvalue weighted by atomic mass is 33.1. The quantitative estimate of drug-likeness (QED) is 0.0248. The first-order valence-electron chi connectivity index (χ1n) is 29.0. The van der Waals surface area contributed by atoms with Gasteiger partial charge < -0.3 is 90.0 Å². The highest BCUT2D eigenvalue weighted by Gasteiger charge is 2.38. The number of phenolic OH excluding ortho intramolecular Hbond substituents is 1. The Morgan fingerprint density at radius 2 is 1.18 bits per heavy atom. The zero-order valence-electron chi connectivity index (χ0n) is 49.9. The number of carbonyl (C=O) groups is 12. The number of hydrogen-bond donors (Lipinski definition) is 17. The van der Waals surface area contributed by atoms with Crippen molar-refractivity contribution in [2.75, 3.05) is 24.6 Å². The molecule has 1 aliphatic heterocycles. The smallest absolute Gasteiger partial charge is 0.326 e. The van der Waals surface area contributed by atoms with Gasteiger partial charge in [-0.1, -0.05) is 96.1 Å². The van der Waals surface area contributed by atoms with Crippen LogP contribution in [0.25, 0.3) is 10.9 Å². The third kappa shape index (κ3) is 22.4. The number of carbonyl (C=O) groups excluding carboxylic acids is 10. The van der Waals surface area contributed by atoms with Crippen molar-refractivity contribution in [2.45, 2.75) is 139 Å². The first-order chi connectivity index (χ1) is 42.8. The summed E-state index contributed by atoms with van der Waals surface area (Å²) in [4.78, 5) is 170. The Hall–Kier alpha value is -8.78. The molecule has 488 valence electrons. The maximum atomic E-state index is 15.0. The topological polar surface area (TPSA) is 474 Å². The molecule has 29 nitrogen and oxygen atoms in total. The molecule has 4 aromatic rings. The van der Waals surface area contributed by atoms with Crippen LogP contribution in [0.15, 0.2) is 85.1 Å². The third-order valence-corrected chi connectivity index (χ3v) is 16.7. The molecule has 1 fully saturated rings. The van der Waals surface area contributed by atoms with Crippen LogP contribution >= 0.6 is 21.6 Å².